The molecule has 1 heterocycles. The number of hydrogen-bond acceptors (Lipinski definition) is 5. The Labute approximate surface area is 92.7 Å². The van der Waals surface area contributed by atoms with Crippen molar-refractivity contribution in [2.24, 2.45) is 5.14 Å². The van der Waals surface area contributed by atoms with Crippen LogP contribution in [-0.2, 0) is 10.0 Å². The molecule has 1 aliphatic carbocycles. The van der Waals surface area contributed by atoms with Gasteiger partial charge in [0.25, 0.3) is 0 Å². The number of primary sulfonamides is 1. The third-order valence-corrected chi connectivity index (χ3v) is 2.99. The van der Waals surface area contributed by atoms with E-state index in [1.165, 1.54) is 6.07 Å². The van der Waals surface area contributed by atoms with Crippen LogP contribution in [0, 0.1) is 11.3 Å². The van der Waals surface area contributed by atoms with Crippen molar-refractivity contribution in [3.05, 3.63) is 18.0 Å². The molecule has 0 saturated heterocycles. The number of nitriles is 1. The predicted octanol–water partition coefficient (Wildman–Crippen LogP) is 0.142. The lowest BCUT2D eigenvalue weighted by Gasteiger charge is -2.08. The number of aromatic nitrogens is 1. The smallest absolute Gasteiger partial charge is 0.243 e. The fourth-order valence-electron chi connectivity index (χ4n) is 1.16. The van der Waals surface area contributed by atoms with Gasteiger partial charge in [0.15, 0.2) is 0 Å². The molecule has 0 unspecified atom stereocenters. The van der Waals surface area contributed by atoms with E-state index in [0.717, 1.165) is 19.0 Å². The summed E-state index contributed by atoms with van der Waals surface area (Å²) in [6, 6.07) is 3.10. The summed E-state index contributed by atoms with van der Waals surface area (Å²) in [5.41, 5.74) is 0.100. The Hall–Kier alpha value is -1.65. The minimum Gasteiger partial charge on any atom is -0.489 e. The van der Waals surface area contributed by atoms with E-state index in [-0.39, 0.29) is 22.4 Å². The summed E-state index contributed by atoms with van der Waals surface area (Å²) in [5, 5.41) is 13.7. The zero-order valence-electron chi connectivity index (χ0n) is 8.25. The average molecular weight is 239 g/mol. The zero-order valence-corrected chi connectivity index (χ0v) is 9.07. The maximum absolute atomic E-state index is 11.2. The largest absolute Gasteiger partial charge is 0.489 e. The van der Waals surface area contributed by atoms with Crippen molar-refractivity contribution in [3.8, 4) is 11.8 Å². The van der Waals surface area contributed by atoms with Crippen LogP contribution in [0.4, 0.5) is 0 Å². The summed E-state index contributed by atoms with van der Waals surface area (Å²) in [5.74, 6) is 0.108. The summed E-state index contributed by atoms with van der Waals surface area (Å²) in [4.78, 5) is 3.47. The highest BCUT2D eigenvalue weighted by Gasteiger charge is 2.27. The molecule has 16 heavy (non-hydrogen) atoms. The highest BCUT2D eigenvalue weighted by atomic mass is 32.2. The Balaban J connectivity index is 2.47. The van der Waals surface area contributed by atoms with Gasteiger partial charge in [-0.05, 0) is 12.8 Å². The minimum atomic E-state index is -3.87. The molecule has 2 rings (SSSR count). The van der Waals surface area contributed by atoms with Gasteiger partial charge >= 0.3 is 0 Å². The van der Waals surface area contributed by atoms with Crippen LogP contribution in [0.25, 0.3) is 0 Å². The van der Waals surface area contributed by atoms with Crippen molar-refractivity contribution in [2.75, 3.05) is 0 Å². The lowest BCUT2D eigenvalue weighted by Crippen LogP contribution is -2.15. The van der Waals surface area contributed by atoms with Crippen LogP contribution < -0.4 is 9.88 Å². The molecule has 84 valence electrons. The normalized spacial score (nSPS) is 15.5. The maximum atomic E-state index is 11.2. The number of rotatable bonds is 3. The number of hydrogen-bond donors (Lipinski definition) is 1. The molecule has 1 aliphatic rings. The lowest BCUT2D eigenvalue weighted by molar-refractivity contribution is 0.294. The van der Waals surface area contributed by atoms with Gasteiger partial charge in [0.05, 0.1) is 12.3 Å². The van der Waals surface area contributed by atoms with Gasteiger partial charge in [0.2, 0.25) is 10.0 Å². The minimum absolute atomic E-state index is 0.0226. The topological polar surface area (TPSA) is 106 Å². The maximum Gasteiger partial charge on any atom is 0.243 e. The first-order valence-electron chi connectivity index (χ1n) is 4.60. The Kier molecular flexibility index (Phi) is 2.53. The van der Waals surface area contributed by atoms with E-state index >= 15 is 0 Å². The van der Waals surface area contributed by atoms with Gasteiger partial charge in [-0.3, -0.25) is 0 Å². The van der Waals surface area contributed by atoms with Crippen LogP contribution >= 0.6 is 0 Å². The highest BCUT2D eigenvalue weighted by molar-refractivity contribution is 7.89. The molecular formula is C9H9N3O3S. The second kappa shape index (κ2) is 3.73. The van der Waals surface area contributed by atoms with E-state index in [1.807, 2.05) is 6.07 Å². The van der Waals surface area contributed by atoms with Crippen molar-refractivity contribution < 1.29 is 13.2 Å². The van der Waals surface area contributed by atoms with Crippen LogP contribution in [0.2, 0.25) is 0 Å². The SMILES string of the molecule is N#Cc1cc(OC2CC2)c(S(N)(=O)=O)cn1. The van der Waals surface area contributed by atoms with Crippen molar-refractivity contribution in [2.45, 2.75) is 23.8 Å². The van der Waals surface area contributed by atoms with Crippen molar-refractivity contribution in [3.63, 3.8) is 0 Å². The molecule has 0 spiro atoms. The summed E-state index contributed by atoms with van der Waals surface area (Å²) in [6.07, 6.45) is 2.84. The number of ether oxygens (including phenoxy) is 1. The van der Waals surface area contributed by atoms with Gasteiger partial charge in [-0.15, -0.1) is 0 Å². The van der Waals surface area contributed by atoms with Crippen LogP contribution in [-0.4, -0.2) is 19.5 Å². The molecule has 0 amide bonds. The lowest BCUT2D eigenvalue weighted by atomic mass is 10.3. The summed E-state index contributed by atoms with van der Waals surface area (Å²) in [6.45, 7) is 0. The van der Waals surface area contributed by atoms with Crippen molar-refractivity contribution >= 4 is 10.0 Å². The number of pyridine rings is 1. The molecule has 1 aromatic heterocycles. The Morgan fingerprint density at radius 1 is 1.56 bits per heavy atom. The van der Waals surface area contributed by atoms with Gasteiger partial charge in [0.1, 0.15) is 22.4 Å². The van der Waals surface area contributed by atoms with E-state index in [9.17, 15) is 8.42 Å². The second-order valence-electron chi connectivity index (χ2n) is 3.49. The fraction of sp³-hybridized carbons (Fsp3) is 0.333. The third kappa shape index (κ3) is 2.29. The van der Waals surface area contributed by atoms with E-state index in [0.29, 0.717) is 0 Å². The van der Waals surface area contributed by atoms with Crippen LogP contribution in [0.15, 0.2) is 17.2 Å². The molecule has 1 fully saturated rings. The molecule has 7 heteroatoms. The molecule has 2 N–H and O–H groups in total. The average Bonchev–Trinajstić information content (AvgIpc) is 3.00. The molecule has 1 saturated carbocycles. The predicted molar refractivity (Wildman–Crippen MR) is 54.0 cm³/mol. The molecule has 0 aliphatic heterocycles. The van der Waals surface area contributed by atoms with E-state index in [2.05, 4.69) is 4.98 Å². The van der Waals surface area contributed by atoms with Crippen LogP contribution in [0.1, 0.15) is 18.5 Å². The van der Waals surface area contributed by atoms with Crippen molar-refractivity contribution in [1.82, 2.24) is 4.98 Å². The molecule has 0 bridgehead atoms. The number of nitrogens with zero attached hydrogens (tertiary/aromatic N) is 2. The third-order valence-electron chi connectivity index (χ3n) is 2.07. The molecular weight excluding hydrogens is 230 g/mol. The summed E-state index contributed by atoms with van der Waals surface area (Å²) >= 11 is 0. The number of sulfonamides is 1. The first-order chi connectivity index (χ1) is 7.50. The molecule has 0 aromatic carbocycles. The van der Waals surface area contributed by atoms with E-state index in [4.69, 9.17) is 15.1 Å². The van der Waals surface area contributed by atoms with Gasteiger partial charge in [-0.25, -0.2) is 18.5 Å². The molecule has 1 aromatic rings. The quantitative estimate of drug-likeness (QED) is 0.807. The second-order valence-corrected chi connectivity index (χ2v) is 5.02. The molecule has 0 radical (unpaired) electrons. The summed E-state index contributed by atoms with van der Waals surface area (Å²) in [7, 11) is -3.87. The first kappa shape index (κ1) is 10.9. The van der Waals surface area contributed by atoms with E-state index in [1.54, 1.807) is 0 Å². The molecule has 0 atom stereocenters. The zero-order chi connectivity index (χ0) is 11.8. The van der Waals surface area contributed by atoms with Crippen LogP contribution in [0.5, 0.6) is 5.75 Å². The van der Waals surface area contributed by atoms with Gasteiger partial charge in [-0.2, -0.15) is 5.26 Å². The first-order valence-corrected chi connectivity index (χ1v) is 6.15. The highest BCUT2D eigenvalue weighted by Crippen LogP contribution is 2.30. The Bertz CT molecular complexity index is 558. The standard InChI is InChI=1S/C9H9N3O3S/c10-4-6-3-8(15-7-1-2-7)9(5-12-6)16(11,13)14/h3,5,7H,1-2H2,(H2,11,13,14). The molecule has 6 nitrogen and oxygen atoms in total. The fourth-order valence-corrected chi connectivity index (χ4v) is 1.74. The Morgan fingerprint density at radius 3 is 2.75 bits per heavy atom. The van der Waals surface area contributed by atoms with Gasteiger partial charge in [-0.1, -0.05) is 0 Å². The van der Waals surface area contributed by atoms with Gasteiger partial charge in [0, 0.05) is 6.07 Å². The monoisotopic (exact) mass is 239 g/mol. The van der Waals surface area contributed by atoms with Gasteiger partial charge < -0.3 is 4.74 Å². The number of nitrogens with two attached hydrogens (primary N) is 1. The van der Waals surface area contributed by atoms with Crippen LogP contribution in [0.3, 0.4) is 0 Å². The summed E-state index contributed by atoms with van der Waals surface area (Å²) < 4.78 is 27.8. The van der Waals surface area contributed by atoms with Crippen molar-refractivity contribution in [1.29, 1.82) is 5.26 Å². The van der Waals surface area contributed by atoms with E-state index < -0.39 is 10.0 Å². The Morgan fingerprint density at radius 2 is 2.25 bits per heavy atom.